The first kappa shape index (κ1) is 19.3. The predicted molar refractivity (Wildman–Crippen MR) is 110 cm³/mol. The van der Waals surface area contributed by atoms with Crippen LogP contribution in [0.25, 0.3) is 0 Å². The molecule has 7 heteroatoms. The molecule has 0 N–H and O–H groups in total. The zero-order chi connectivity index (χ0) is 18.9. The first-order valence-corrected chi connectivity index (χ1v) is 10.9. The van der Waals surface area contributed by atoms with Gasteiger partial charge in [0.05, 0.1) is 10.5 Å². The highest BCUT2D eigenvalue weighted by Gasteiger charge is 2.31. The number of sulfonamides is 1. The van der Waals surface area contributed by atoms with E-state index in [0.717, 1.165) is 14.7 Å². The van der Waals surface area contributed by atoms with Crippen molar-refractivity contribution in [2.45, 2.75) is 18.7 Å². The molecule has 0 radical (unpaired) electrons. The van der Waals surface area contributed by atoms with Gasteiger partial charge in [-0.15, -0.1) is 0 Å². The molecular weight excluding hydrogens is 463 g/mol. The molecule has 1 amide bonds. The smallest absolute Gasteiger partial charge is 0.255 e. The second kappa shape index (κ2) is 7.66. The molecule has 2 aromatic rings. The molecule has 1 saturated heterocycles. The van der Waals surface area contributed by atoms with Crippen LogP contribution in [0, 0.1) is 17.4 Å². The Morgan fingerprint density at radius 1 is 0.962 bits per heavy atom. The summed E-state index contributed by atoms with van der Waals surface area (Å²) in [4.78, 5) is 14.7. The summed E-state index contributed by atoms with van der Waals surface area (Å²) in [5, 5.41) is 0. The number of amides is 1. The lowest BCUT2D eigenvalue weighted by Gasteiger charge is -2.34. The molecular formula is C19H21IN2O3S. The van der Waals surface area contributed by atoms with Crippen LogP contribution in [-0.4, -0.2) is 49.7 Å². The van der Waals surface area contributed by atoms with Gasteiger partial charge in [0.1, 0.15) is 0 Å². The molecule has 1 fully saturated rings. The monoisotopic (exact) mass is 484 g/mol. The van der Waals surface area contributed by atoms with Crippen molar-refractivity contribution < 1.29 is 13.2 Å². The van der Waals surface area contributed by atoms with Crippen molar-refractivity contribution >= 4 is 38.5 Å². The lowest BCUT2D eigenvalue weighted by molar-refractivity contribution is 0.0697. The van der Waals surface area contributed by atoms with Crippen LogP contribution < -0.4 is 0 Å². The predicted octanol–water partition coefficient (Wildman–Crippen LogP) is 3.05. The van der Waals surface area contributed by atoms with Crippen LogP contribution in [0.2, 0.25) is 0 Å². The maximum absolute atomic E-state index is 12.9. The van der Waals surface area contributed by atoms with E-state index in [-0.39, 0.29) is 5.91 Å². The minimum atomic E-state index is -3.53. The molecule has 0 aromatic heterocycles. The van der Waals surface area contributed by atoms with Gasteiger partial charge in [0.15, 0.2) is 0 Å². The van der Waals surface area contributed by atoms with Gasteiger partial charge in [0, 0.05) is 29.7 Å². The van der Waals surface area contributed by atoms with Crippen LogP contribution in [-0.2, 0) is 10.0 Å². The summed E-state index contributed by atoms with van der Waals surface area (Å²) < 4.78 is 28.1. The number of carbonyl (C=O) groups excluding carboxylic acids is 1. The third-order valence-corrected chi connectivity index (χ3v) is 7.58. The first-order valence-electron chi connectivity index (χ1n) is 8.42. The van der Waals surface area contributed by atoms with Gasteiger partial charge in [-0.3, -0.25) is 4.79 Å². The summed E-state index contributed by atoms with van der Waals surface area (Å²) in [6.07, 6.45) is 0. The molecule has 0 atom stereocenters. The number of halogens is 1. The molecule has 0 spiro atoms. The Balaban J connectivity index is 1.72. The number of carbonyl (C=O) groups is 1. The molecule has 2 aromatic carbocycles. The molecule has 0 bridgehead atoms. The van der Waals surface area contributed by atoms with Gasteiger partial charge >= 0.3 is 0 Å². The molecule has 0 saturated carbocycles. The lowest BCUT2D eigenvalue weighted by Crippen LogP contribution is -2.50. The first-order chi connectivity index (χ1) is 12.3. The Labute approximate surface area is 168 Å². The van der Waals surface area contributed by atoms with Crippen molar-refractivity contribution in [2.24, 2.45) is 0 Å². The fourth-order valence-electron chi connectivity index (χ4n) is 2.96. The highest BCUT2D eigenvalue weighted by Crippen LogP contribution is 2.21. The van der Waals surface area contributed by atoms with E-state index in [0.29, 0.717) is 36.6 Å². The number of hydrogen-bond acceptors (Lipinski definition) is 3. The third-order valence-electron chi connectivity index (χ3n) is 4.75. The largest absolute Gasteiger partial charge is 0.336 e. The zero-order valence-electron chi connectivity index (χ0n) is 14.8. The fraction of sp³-hybridized carbons (Fsp3) is 0.316. The molecule has 26 heavy (non-hydrogen) atoms. The van der Waals surface area contributed by atoms with E-state index in [1.807, 2.05) is 44.2 Å². The van der Waals surface area contributed by atoms with Gasteiger partial charge in [-0.2, -0.15) is 4.31 Å². The maximum atomic E-state index is 12.9. The van der Waals surface area contributed by atoms with Gasteiger partial charge in [0.25, 0.3) is 5.91 Å². The number of hydrogen-bond donors (Lipinski definition) is 0. The second-order valence-corrected chi connectivity index (χ2v) is 9.52. The van der Waals surface area contributed by atoms with E-state index in [4.69, 9.17) is 0 Å². The van der Waals surface area contributed by atoms with Crippen molar-refractivity contribution in [3.05, 3.63) is 62.7 Å². The summed E-state index contributed by atoms with van der Waals surface area (Å²) in [7, 11) is -3.53. The Bertz CT molecular complexity index is 936. The SMILES string of the molecule is Cc1ccc(S(=O)(=O)N2CCN(C(=O)c3ccccc3I)CC2)cc1C. The number of aryl methyl sites for hydroxylation is 2. The van der Waals surface area contributed by atoms with Crippen LogP contribution in [0.4, 0.5) is 0 Å². The van der Waals surface area contributed by atoms with E-state index >= 15 is 0 Å². The standard InChI is InChI=1S/C19H21IN2O3S/c1-14-7-8-16(13-15(14)2)26(24,25)22-11-9-21(10-12-22)19(23)17-5-3-4-6-18(17)20/h3-8,13H,9-12H2,1-2H3. The summed E-state index contributed by atoms with van der Waals surface area (Å²) in [5.74, 6) is -0.0433. The number of nitrogens with zero attached hydrogens (tertiary/aromatic N) is 2. The van der Waals surface area contributed by atoms with Crippen LogP contribution in [0.1, 0.15) is 21.5 Å². The third kappa shape index (κ3) is 3.79. The fourth-order valence-corrected chi connectivity index (χ4v) is 5.09. The van der Waals surface area contributed by atoms with E-state index < -0.39 is 10.0 Å². The molecule has 0 aliphatic carbocycles. The van der Waals surface area contributed by atoms with Crippen molar-refractivity contribution in [1.82, 2.24) is 9.21 Å². The highest BCUT2D eigenvalue weighted by atomic mass is 127. The summed E-state index contributed by atoms with van der Waals surface area (Å²) in [6, 6.07) is 12.6. The van der Waals surface area contributed by atoms with Crippen molar-refractivity contribution in [3.8, 4) is 0 Å². The van der Waals surface area contributed by atoms with Crippen LogP contribution in [0.3, 0.4) is 0 Å². The quantitative estimate of drug-likeness (QED) is 0.630. The summed E-state index contributed by atoms with van der Waals surface area (Å²) in [6.45, 7) is 5.28. The van der Waals surface area contributed by atoms with Gasteiger partial charge in [-0.1, -0.05) is 18.2 Å². The average molecular weight is 484 g/mol. The second-order valence-electron chi connectivity index (χ2n) is 6.42. The maximum Gasteiger partial charge on any atom is 0.255 e. The Kier molecular flexibility index (Phi) is 5.69. The van der Waals surface area contributed by atoms with Crippen LogP contribution in [0.15, 0.2) is 47.4 Å². The van der Waals surface area contributed by atoms with Crippen LogP contribution >= 0.6 is 22.6 Å². The normalized spacial score (nSPS) is 15.9. The number of piperazine rings is 1. The summed E-state index contributed by atoms with van der Waals surface area (Å²) in [5.41, 5.74) is 2.69. The molecule has 5 nitrogen and oxygen atoms in total. The van der Waals surface area contributed by atoms with Crippen molar-refractivity contribution in [1.29, 1.82) is 0 Å². The number of benzene rings is 2. The molecule has 1 aliphatic rings. The van der Waals surface area contributed by atoms with Gasteiger partial charge in [-0.05, 0) is 71.8 Å². The molecule has 138 valence electrons. The highest BCUT2D eigenvalue weighted by molar-refractivity contribution is 14.1. The summed E-state index contributed by atoms with van der Waals surface area (Å²) >= 11 is 2.15. The Morgan fingerprint density at radius 3 is 2.23 bits per heavy atom. The average Bonchev–Trinajstić information content (AvgIpc) is 2.64. The molecule has 1 aliphatic heterocycles. The zero-order valence-corrected chi connectivity index (χ0v) is 17.7. The van der Waals surface area contributed by atoms with E-state index in [2.05, 4.69) is 22.6 Å². The molecule has 3 rings (SSSR count). The van der Waals surface area contributed by atoms with E-state index in [1.54, 1.807) is 17.0 Å². The molecule has 0 unspecified atom stereocenters. The van der Waals surface area contributed by atoms with Crippen molar-refractivity contribution in [3.63, 3.8) is 0 Å². The minimum absolute atomic E-state index is 0.0433. The Morgan fingerprint density at radius 2 is 1.62 bits per heavy atom. The minimum Gasteiger partial charge on any atom is -0.336 e. The number of rotatable bonds is 3. The van der Waals surface area contributed by atoms with Gasteiger partial charge in [-0.25, -0.2) is 8.42 Å². The van der Waals surface area contributed by atoms with E-state index in [9.17, 15) is 13.2 Å². The van der Waals surface area contributed by atoms with Gasteiger partial charge in [0.2, 0.25) is 10.0 Å². The lowest BCUT2D eigenvalue weighted by atomic mass is 10.1. The Hall–Kier alpha value is -1.45. The topological polar surface area (TPSA) is 57.7 Å². The molecule has 1 heterocycles. The van der Waals surface area contributed by atoms with Crippen LogP contribution in [0.5, 0.6) is 0 Å². The van der Waals surface area contributed by atoms with Crippen molar-refractivity contribution in [2.75, 3.05) is 26.2 Å². The van der Waals surface area contributed by atoms with E-state index in [1.165, 1.54) is 4.31 Å². The van der Waals surface area contributed by atoms with Gasteiger partial charge < -0.3 is 4.90 Å².